The van der Waals surface area contributed by atoms with Crippen LogP contribution in [0, 0.1) is 13.8 Å². The molecule has 2 heterocycles. The van der Waals surface area contributed by atoms with E-state index in [0.717, 1.165) is 5.69 Å². The van der Waals surface area contributed by atoms with Gasteiger partial charge in [0.2, 0.25) is 5.91 Å². The number of amides is 1. The highest BCUT2D eigenvalue weighted by Gasteiger charge is 2.37. The molecule has 0 unspecified atom stereocenters. The Hall–Kier alpha value is -1.84. The first-order chi connectivity index (χ1) is 10.6. The molecular formula is C13H15BrF3N5O. The number of rotatable bonds is 4. The minimum atomic E-state index is -4.54. The molecule has 1 N–H and O–H groups in total. The first kappa shape index (κ1) is 17.5. The van der Waals surface area contributed by atoms with Gasteiger partial charge in [-0.1, -0.05) is 0 Å². The lowest BCUT2D eigenvalue weighted by atomic mass is 10.3. The Kier molecular flexibility index (Phi) is 4.83. The first-order valence-electron chi connectivity index (χ1n) is 6.69. The number of anilines is 1. The maximum absolute atomic E-state index is 12.8. The van der Waals surface area contributed by atoms with Crippen LogP contribution in [-0.4, -0.2) is 25.5 Å². The van der Waals surface area contributed by atoms with Crippen LogP contribution in [0.25, 0.3) is 0 Å². The highest BCUT2D eigenvalue weighted by atomic mass is 79.9. The summed E-state index contributed by atoms with van der Waals surface area (Å²) in [7, 11) is 1.74. The number of hydrogen-bond donors (Lipinski definition) is 1. The van der Waals surface area contributed by atoms with Crippen molar-refractivity contribution in [1.29, 1.82) is 0 Å². The molecule has 0 fully saturated rings. The molecule has 2 rings (SSSR count). The molecule has 2 aromatic heterocycles. The summed E-state index contributed by atoms with van der Waals surface area (Å²) in [6, 6.07) is 0. The highest BCUT2D eigenvalue weighted by Crippen LogP contribution is 2.35. The van der Waals surface area contributed by atoms with Crippen molar-refractivity contribution in [2.75, 3.05) is 5.32 Å². The number of carbonyl (C=O) groups excluding carboxylic acids is 1. The molecule has 0 atom stereocenters. The van der Waals surface area contributed by atoms with E-state index < -0.39 is 11.9 Å². The number of nitrogens with one attached hydrogen (secondary N) is 1. The molecule has 6 nitrogen and oxygen atoms in total. The predicted octanol–water partition coefficient (Wildman–Crippen LogP) is 3.04. The molecular weight excluding hydrogens is 379 g/mol. The van der Waals surface area contributed by atoms with Crippen LogP contribution in [0.15, 0.2) is 10.7 Å². The second kappa shape index (κ2) is 6.34. The fourth-order valence-electron chi connectivity index (χ4n) is 1.96. The summed E-state index contributed by atoms with van der Waals surface area (Å²) in [5.41, 5.74) is 0.698. The quantitative estimate of drug-likeness (QED) is 0.867. The third-order valence-electron chi connectivity index (χ3n) is 3.46. The van der Waals surface area contributed by atoms with Gasteiger partial charge >= 0.3 is 6.18 Å². The maximum Gasteiger partial charge on any atom is 0.436 e. The van der Waals surface area contributed by atoms with Crippen molar-refractivity contribution in [3.8, 4) is 0 Å². The zero-order valence-corrected chi connectivity index (χ0v) is 14.3. The van der Waals surface area contributed by atoms with Crippen LogP contribution in [0.2, 0.25) is 0 Å². The summed E-state index contributed by atoms with van der Waals surface area (Å²) in [4.78, 5) is 11.9. The van der Waals surface area contributed by atoms with Crippen LogP contribution < -0.4 is 5.32 Å². The molecule has 23 heavy (non-hydrogen) atoms. The third-order valence-corrected chi connectivity index (χ3v) is 4.41. The van der Waals surface area contributed by atoms with E-state index in [1.807, 2.05) is 0 Å². The molecule has 0 aliphatic heterocycles. The SMILES string of the molecule is Cc1c(NC(=O)CCn2nc(C(F)(F)F)c(Br)c2C)cnn1C. The Morgan fingerprint density at radius 3 is 2.48 bits per heavy atom. The summed E-state index contributed by atoms with van der Waals surface area (Å²) in [5.74, 6) is -0.319. The first-order valence-corrected chi connectivity index (χ1v) is 7.49. The van der Waals surface area contributed by atoms with Gasteiger partial charge in [0.15, 0.2) is 5.69 Å². The second-order valence-electron chi connectivity index (χ2n) is 5.03. The summed E-state index contributed by atoms with van der Waals surface area (Å²) in [6.07, 6.45) is -3.02. The van der Waals surface area contributed by atoms with E-state index in [0.29, 0.717) is 11.4 Å². The minimum Gasteiger partial charge on any atom is -0.323 e. The molecule has 0 radical (unpaired) electrons. The molecule has 0 aliphatic rings. The lowest BCUT2D eigenvalue weighted by Gasteiger charge is -2.06. The number of hydrogen-bond acceptors (Lipinski definition) is 3. The molecule has 1 amide bonds. The average Bonchev–Trinajstić information content (AvgIpc) is 2.92. The zero-order chi connectivity index (χ0) is 17.4. The van der Waals surface area contributed by atoms with E-state index in [9.17, 15) is 18.0 Å². The molecule has 10 heteroatoms. The zero-order valence-electron chi connectivity index (χ0n) is 12.7. The summed E-state index contributed by atoms with van der Waals surface area (Å²) < 4.78 is 41.0. The molecule has 0 bridgehead atoms. The smallest absolute Gasteiger partial charge is 0.323 e. The minimum absolute atomic E-state index is 0.000587. The third kappa shape index (κ3) is 3.74. The van der Waals surface area contributed by atoms with Crippen molar-refractivity contribution in [2.45, 2.75) is 33.0 Å². The molecule has 0 saturated heterocycles. The van der Waals surface area contributed by atoms with E-state index in [1.54, 1.807) is 18.7 Å². The summed E-state index contributed by atoms with van der Waals surface area (Å²) in [6.45, 7) is 3.36. The van der Waals surface area contributed by atoms with Crippen molar-refractivity contribution < 1.29 is 18.0 Å². The van der Waals surface area contributed by atoms with Crippen LogP contribution in [-0.2, 0) is 24.6 Å². The normalized spacial score (nSPS) is 11.8. The van der Waals surface area contributed by atoms with Crippen molar-refractivity contribution in [1.82, 2.24) is 19.6 Å². The Labute approximate surface area is 138 Å². The lowest BCUT2D eigenvalue weighted by molar-refractivity contribution is -0.142. The van der Waals surface area contributed by atoms with Gasteiger partial charge in [-0.2, -0.15) is 23.4 Å². The maximum atomic E-state index is 12.8. The van der Waals surface area contributed by atoms with Gasteiger partial charge in [-0.15, -0.1) is 0 Å². The fraction of sp³-hybridized carbons (Fsp3) is 0.462. The van der Waals surface area contributed by atoms with Gasteiger partial charge in [0.1, 0.15) is 0 Å². The highest BCUT2D eigenvalue weighted by molar-refractivity contribution is 9.10. The van der Waals surface area contributed by atoms with Crippen LogP contribution >= 0.6 is 15.9 Å². The van der Waals surface area contributed by atoms with Gasteiger partial charge in [-0.25, -0.2) is 0 Å². The van der Waals surface area contributed by atoms with E-state index in [1.165, 1.54) is 17.8 Å². The van der Waals surface area contributed by atoms with E-state index in [2.05, 4.69) is 31.4 Å². The molecule has 0 aromatic carbocycles. The van der Waals surface area contributed by atoms with Crippen LogP contribution in [0.3, 0.4) is 0 Å². The van der Waals surface area contributed by atoms with E-state index >= 15 is 0 Å². The number of alkyl halides is 3. The van der Waals surface area contributed by atoms with Crippen molar-refractivity contribution in [3.63, 3.8) is 0 Å². The number of nitrogens with zero attached hydrogens (tertiary/aromatic N) is 4. The lowest BCUT2D eigenvalue weighted by Crippen LogP contribution is -2.16. The fourth-order valence-corrected chi connectivity index (χ4v) is 2.47. The number of aryl methyl sites for hydroxylation is 2. The molecule has 0 spiro atoms. The number of carbonyl (C=O) groups is 1. The van der Waals surface area contributed by atoms with Gasteiger partial charge < -0.3 is 5.32 Å². The van der Waals surface area contributed by atoms with E-state index in [-0.39, 0.29) is 23.3 Å². The Balaban J connectivity index is 2.04. The Morgan fingerprint density at radius 2 is 2.00 bits per heavy atom. The van der Waals surface area contributed by atoms with Crippen molar-refractivity contribution in [2.24, 2.45) is 7.05 Å². The largest absolute Gasteiger partial charge is 0.436 e. The van der Waals surface area contributed by atoms with Gasteiger partial charge in [0, 0.05) is 13.5 Å². The van der Waals surface area contributed by atoms with Crippen molar-refractivity contribution >= 4 is 27.5 Å². The monoisotopic (exact) mass is 393 g/mol. The molecule has 2 aromatic rings. The molecule has 126 valence electrons. The van der Waals surface area contributed by atoms with Gasteiger partial charge in [-0.05, 0) is 29.8 Å². The van der Waals surface area contributed by atoms with Crippen LogP contribution in [0.4, 0.5) is 18.9 Å². The van der Waals surface area contributed by atoms with E-state index in [4.69, 9.17) is 0 Å². The molecule has 0 aliphatic carbocycles. The second-order valence-corrected chi connectivity index (χ2v) is 5.83. The van der Waals surface area contributed by atoms with Crippen molar-refractivity contribution in [3.05, 3.63) is 27.8 Å². The van der Waals surface area contributed by atoms with Crippen LogP contribution in [0.1, 0.15) is 23.5 Å². The number of halogens is 4. The Bertz CT molecular complexity index is 735. The topological polar surface area (TPSA) is 64.7 Å². The van der Waals surface area contributed by atoms with Gasteiger partial charge in [0.05, 0.1) is 34.3 Å². The summed E-state index contributed by atoms with van der Waals surface area (Å²) in [5, 5.41) is 10.2. The van der Waals surface area contributed by atoms with Gasteiger partial charge in [0.25, 0.3) is 0 Å². The van der Waals surface area contributed by atoms with Crippen LogP contribution in [0.5, 0.6) is 0 Å². The standard InChI is InChI=1S/C13H15BrF3N5O/c1-7-9(6-18-21(7)3)19-10(23)4-5-22-8(2)11(14)12(20-22)13(15,16)17/h6H,4-5H2,1-3H3,(H,19,23). The molecule has 0 saturated carbocycles. The Morgan fingerprint density at radius 1 is 1.35 bits per heavy atom. The summed E-state index contributed by atoms with van der Waals surface area (Å²) >= 11 is 2.90. The van der Waals surface area contributed by atoms with Gasteiger partial charge in [-0.3, -0.25) is 14.2 Å². The average molecular weight is 394 g/mol. The predicted molar refractivity (Wildman–Crippen MR) is 80.9 cm³/mol. The number of aromatic nitrogens is 4.